The van der Waals surface area contributed by atoms with Crippen LogP contribution in [0.25, 0.3) is 0 Å². The average Bonchev–Trinajstić information content (AvgIpc) is 3.89. The van der Waals surface area contributed by atoms with Crippen LogP contribution in [0, 0.1) is 23.5 Å². The Balaban J connectivity index is 0.693. The van der Waals surface area contributed by atoms with Gasteiger partial charge in [0.05, 0.1) is 24.3 Å². The third-order valence-corrected chi connectivity index (χ3v) is 18.0. The van der Waals surface area contributed by atoms with Crippen molar-refractivity contribution in [1.82, 2.24) is 45.1 Å². The largest absolute Gasteiger partial charge is 0.387 e. The average molecular weight is 1090 g/mol. The molecule has 4 amide bonds. The first-order valence-electron chi connectivity index (χ1n) is 28.7. The van der Waals surface area contributed by atoms with Gasteiger partial charge in [-0.1, -0.05) is 68.1 Å². The van der Waals surface area contributed by atoms with Gasteiger partial charge >= 0.3 is 0 Å². The Labute approximate surface area is 463 Å². The number of benzene rings is 3. The van der Waals surface area contributed by atoms with Gasteiger partial charge in [0.25, 0.3) is 5.91 Å². The van der Waals surface area contributed by atoms with Crippen LogP contribution in [0.15, 0.2) is 73.1 Å². The lowest BCUT2D eigenvalue weighted by atomic mass is 9.83. The number of hydrogen-bond donors (Lipinski definition) is 3. The maximum atomic E-state index is 14.5. The van der Waals surface area contributed by atoms with Crippen molar-refractivity contribution in [2.24, 2.45) is 11.8 Å². The minimum atomic E-state index is -0.651. The van der Waals surface area contributed by atoms with E-state index in [1.165, 1.54) is 12.1 Å². The minimum Gasteiger partial charge on any atom is -0.387 e. The fourth-order valence-corrected chi connectivity index (χ4v) is 13.3. The smallest absolute Gasteiger partial charge is 0.251 e. The van der Waals surface area contributed by atoms with E-state index < -0.39 is 23.8 Å². The Morgan fingerprint density at radius 1 is 0.756 bits per heavy atom. The van der Waals surface area contributed by atoms with Crippen molar-refractivity contribution >= 4 is 41.0 Å². The molecule has 4 saturated heterocycles. The molecule has 3 aromatic carbocycles. The fraction of sp³-hybridized carbons (Fsp3) is 0.567. The van der Waals surface area contributed by atoms with Crippen molar-refractivity contribution in [3.8, 4) is 0 Å². The van der Waals surface area contributed by atoms with Crippen LogP contribution in [0.1, 0.15) is 133 Å². The van der Waals surface area contributed by atoms with E-state index in [0.29, 0.717) is 87.4 Å². The van der Waals surface area contributed by atoms with Crippen molar-refractivity contribution in [2.75, 3.05) is 103 Å². The summed E-state index contributed by atoms with van der Waals surface area (Å²) in [5.41, 5.74) is 4.51. The number of hydrogen-bond acceptors (Lipinski definition) is 11. The van der Waals surface area contributed by atoms with Crippen LogP contribution in [0.4, 0.5) is 14.6 Å². The molecule has 1 unspecified atom stereocenters. The number of piperidine rings is 2. The van der Waals surface area contributed by atoms with Crippen LogP contribution < -0.4 is 15.5 Å². The predicted octanol–water partition coefficient (Wildman–Crippen LogP) is 7.11. The second-order valence-electron chi connectivity index (χ2n) is 22.9. The highest BCUT2D eigenvalue weighted by Crippen LogP contribution is 2.43. The molecule has 5 heterocycles. The van der Waals surface area contributed by atoms with Gasteiger partial charge in [-0.3, -0.25) is 24.1 Å². The molecule has 10 rings (SSSR count). The number of amides is 4. The van der Waals surface area contributed by atoms with E-state index >= 15 is 0 Å². The van der Waals surface area contributed by atoms with E-state index in [2.05, 4.69) is 42.2 Å². The first-order valence-corrected chi connectivity index (χ1v) is 29.1. The molecule has 5 fully saturated rings. The second-order valence-corrected chi connectivity index (χ2v) is 23.4. The highest BCUT2D eigenvalue weighted by molar-refractivity contribution is 6.30. The molecular weight excluding hydrogens is 1010 g/mol. The fourth-order valence-electron chi connectivity index (χ4n) is 13.2. The van der Waals surface area contributed by atoms with Gasteiger partial charge in [-0.15, -0.1) is 0 Å². The summed E-state index contributed by atoms with van der Waals surface area (Å²) in [6, 6.07) is 18.2. The van der Waals surface area contributed by atoms with E-state index in [1.54, 1.807) is 12.4 Å². The molecule has 4 aliphatic heterocycles. The maximum Gasteiger partial charge on any atom is 0.251 e. The third-order valence-electron chi connectivity index (χ3n) is 17.8. The molecule has 1 saturated carbocycles. The number of carbonyl (C=O) groups excluding carboxylic acids is 4. The molecule has 0 bridgehead atoms. The van der Waals surface area contributed by atoms with Gasteiger partial charge in [0, 0.05) is 119 Å². The number of aliphatic hydroxyl groups excluding tert-OH is 1. The normalized spacial score (nSPS) is 22.8. The first kappa shape index (κ1) is 55.7. The molecule has 3 N–H and O–H groups in total. The summed E-state index contributed by atoms with van der Waals surface area (Å²) in [7, 11) is 0. The summed E-state index contributed by atoms with van der Waals surface area (Å²) in [6.45, 7) is 12.1. The lowest BCUT2D eigenvalue weighted by Crippen LogP contribution is -2.57. The van der Waals surface area contributed by atoms with Crippen molar-refractivity contribution in [3.05, 3.63) is 123 Å². The monoisotopic (exact) mass is 1090 g/mol. The Morgan fingerprint density at radius 3 is 2.23 bits per heavy atom. The van der Waals surface area contributed by atoms with Gasteiger partial charge in [0.2, 0.25) is 17.7 Å². The molecule has 2 aliphatic carbocycles. The summed E-state index contributed by atoms with van der Waals surface area (Å²) >= 11 is 6.34. The zero-order chi connectivity index (χ0) is 54.3. The number of fused-ring (bicyclic) bond motifs is 1. The minimum absolute atomic E-state index is 0.00697. The number of aliphatic hydroxyl groups is 1. The SMILES string of the molecule is C[C@@H]1C[C@@H](O)c2ncnc(N3CCN(C(=O)C(CN4CCC(CN5CCN(C(=O)[C@H](NC(=O)c6cccc([C@H]7CCCN(C(=O)CNCc8ccc(F)cc8F)C7)c6)C6CCCCC6)CC5)CC4)c4ccc(Cl)cc4)CC3)c21. The van der Waals surface area contributed by atoms with Crippen LogP contribution in [0.5, 0.6) is 0 Å². The van der Waals surface area contributed by atoms with Gasteiger partial charge in [-0.2, -0.15) is 0 Å². The first-order chi connectivity index (χ1) is 37.8. The number of nitrogens with one attached hydrogen (secondary N) is 2. The summed E-state index contributed by atoms with van der Waals surface area (Å²) < 4.78 is 27.5. The van der Waals surface area contributed by atoms with Crippen molar-refractivity contribution in [1.29, 1.82) is 0 Å². The lowest BCUT2D eigenvalue weighted by molar-refractivity contribution is -0.137. The zero-order valence-electron chi connectivity index (χ0n) is 45.1. The Bertz CT molecular complexity index is 2730. The lowest BCUT2D eigenvalue weighted by Gasteiger charge is -2.41. The summed E-state index contributed by atoms with van der Waals surface area (Å²) in [5.74, 6) is -0.154. The quantitative estimate of drug-likeness (QED) is 0.105. The number of carbonyl (C=O) groups is 4. The summed E-state index contributed by atoms with van der Waals surface area (Å²) in [6.07, 6.45) is 10.4. The van der Waals surface area contributed by atoms with Gasteiger partial charge in [0.15, 0.2) is 0 Å². The highest BCUT2D eigenvalue weighted by Gasteiger charge is 2.38. The Kier molecular flexibility index (Phi) is 18.3. The Morgan fingerprint density at radius 2 is 1.49 bits per heavy atom. The molecule has 5 atom stereocenters. The van der Waals surface area contributed by atoms with E-state index in [9.17, 15) is 33.1 Å². The third kappa shape index (κ3) is 13.3. The molecule has 18 heteroatoms. The maximum absolute atomic E-state index is 14.5. The molecule has 6 aliphatic rings. The number of piperazine rings is 2. The Hall–Kier alpha value is -5.59. The molecule has 15 nitrogen and oxygen atoms in total. The van der Waals surface area contributed by atoms with Crippen LogP contribution in [0.3, 0.4) is 0 Å². The number of aromatic nitrogens is 2. The second kappa shape index (κ2) is 25.7. The number of halogens is 3. The van der Waals surface area contributed by atoms with Crippen LogP contribution in [-0.2, 0) is 20.9 Å². The summed E-state index contributed by atoms with van der Waals surface area (Å²) in [4.78, 5) is 78.5. The molecule has 1 aromatic heterocycles. The van der Waals surface area contributed by atoms with E-state index in [4.69, 9.17) is 11.6 Å². The van der Waals surface area contributed by atoms with Gasteiger partial charge in [-0.25, -0.2) is 18.7 Å². The topological polar surface area (TPSA) is 158 Å². The van der Waals surface area contributed by atoms with Gasteiger partial charge in [-0.05, 0) is 117 Å². The van der Waals surface area contributed by atoms with Gasteiger partial charge in [0.1, 0.15) is 29.8 Å². The van der Waals surface area contributed by atoms with Gasteiger partial charge < -0.3 is 40.2 Å². The highest BCUT2D eigenvalue weighted by atomic mass is 35.5. The number of likely N-dealkylation sites (tertiary alicyclic amines) is 2. The molecular formula is C60H77ClF2N10O5. The van der Waals surface area contributed by atoms with Crippen molar-refractivity contribution in [2.45, 2.75) is 108 Å². The van der Waals surface area contributed by atoms with Crippen molar-refractivity contribution < 1.29 is 33.1 Å². The molecule has 0 spiro atoms. The van der Waals surface area contributed by atoms with Crippen LogP contribution in [-0.4, -0.2) is 167 Å². The van der Waals surface area contributed by atoms with E-state index in [-0.39, 0.29) is 60.4 Å². The molecule has 4 aromatic rings. The van der Waals surface area contributed by atoms with Crippen LogP contribution >= 0.6 is 11.6 Å². The number of nitrogens with zero attached hydrogens (tertiary/aromatic N) is 8. The van der Waals surface area contributed by atoms with Crippen molar-refractivity contribution in [3.63, 3.8) is 0 Å². The number of anilines is 1. The standard InChI is InChI=1S/C60H77ClF2N10O5/c1-40-31-52(74)56-54(40)57(66-39-65-56)70-27-29-71(30-28-70)59(77)50(42-12-15-48(61)16-13-42)38-68-21-18-41(19-22-68)36-69-23-25-72(26-24-69)60(78)55(43-7-3-2-4-8-43)67-58(76)45-10-5-9-44(32-45)47-11-6-20-73(37-47)53(75)35-64-34-46-14-17-49(62)33-51(46)63/h5,9-10,12-17,32-33,39-41,43,47,50,52,55,64,74H,2-4,6-8,11,18-31,34-38H2,1H3,(H,67,76)/t40-,47+,50?,52-,55-/m1/s1. The summed E-state index contributed by atoms with van der Waals surface area (Å²) in [5, 5.41) is 17.5. The number of rotatable bonds is 16. The predicted molar refractivity (Wildman–Crippen MR) is 296 cm³/mol. The van der Waals surface area contributed by atoms with E-state index in [0.717, 1.165) is 125 Å². The van der Waals surface area contributed by atoms with Crippen LogP contribution in [0.2, 0.25) is 5.02 Å². The van der Waals surface area contributed by atoms with E-state index in [1.807, 2.05) is 57.2 Å². The molecule has 78 heavy (non-hydrogen) atoms. The molecule has 0 radical (unpaired) electrons. The molecule has 418 valence electrons. The zero-order valence-corrected chi connectivity index (χ0v) is 45.9.